The van der Waals surface area contributed by atoms with E-state index in [9.17, 15) is 4.79 Å². The average Bonchev–Trinajstić information content (AvgIpc) is 2.65. The number of hydrogen-bond donors (Lipinski definition) is 0. The standard InChI is InChI=1S/C22H35NO2/c1-3-5-7-18-9-11-19(12-10-18)13-14-20-15-16-21(17-23-20)25-22(24)8-6-4-2/h15-19H,3-14H2,1-2H3. The molecule has 1 fully saturated rings. The van der Waals surface area contributed by atoms with Gasteiger partial charge in [-0.25, -0.2) is 0 Å². The van der Waals surface area contributed by atoms with Gasteiger partial charge in [0, 0.05) is 12.1 Å². The highest BCUT2D eigenvalue weighted by molar-refractivity contribution is 5.72. The molecule has 0 aliphatic heterocycles. The Labute approximate surface area is 153 Å². The Morgan fingerprint density at radius 3 is 2.32 bits per heavy atom. The molecule has 2 rings (SSSR count). The van der Waals surface area contributed by atoms with Gasteiger partial charge in [-0.05, 0) is 43.2 Å². The maximum absolute atomic E-state index is 11.6. The van der Waals surface area contributed by atoms with Gasteiger partial charge in [0.05, 0.1) is 6.20 Å². The molecule has 140 valence electrons. The summed E-state index contributed by atoms with van der Waals surface area (Å²) in [6.07, 6.45) is 16.1. The zero-order valence-corrected chi connectivity index (χ0v) is 16.1. The summed E-state index contributed by atoms with van der Waals surface area (Å²) in [5, 5.41) is 0. The molecule has 3 nitrogen and oxygen atoms in total. The van der Waals surface area contributed by atoms with Crippen LogP contribution in [0.1, 0.15) is 90.2 Å². The van der Waals surface area contributed by atoms with Crippen molar-refractivity contribution in [3.05, 3.63) is 24.0 Å². The zero-order chi connectivity index (χ0) is 17.9. The first-order chi connectivity index (χ1) is 12.2. The lowest BCUT2D eigenvalue weighted by molar-refractivity contribution is -0.134. The molecule has 1 aromatic rings. The van der Waals surface area contributed by atoms with Crippen LogP contribution in [-0.2, 0) is 11.2 Å². The minimum atomic E-state index is -0.156. The number of hydrogen-bond acceptors (Lipinski definition) is 3. The number of unbranched alkanes of at least 4 members (excludes halogenated alkanes) is 2. The van der Waals surface area contributed by atoms with E-state index in [0.29, 0.717) is 12.2 Å². The first-order valence-corrected chi connectivity index (χ1v) is 10.4. The van der Waals surface area contributed by atoms with Crippen molar-refractivity contribution in [1.29, 1.82) is 0 Å². The van der Waals surface area contributed by atoms with E-state index in [1.807, 2.05) is 12.1 Å². The van der Waals surface area contributed by atoms with Gasteiger partial charge < -0.3 is 4.74 Å². The first kappa shape index (κ1) is 19.9. The number of nitrogens with zero attached hydrogens (tertiary/aromatic N) is 1. The Hall–Kier alpha value is -1.38. The molecule has 0 N–H and O–H groups in total. The van der Waals surface area contributed by atoms with Crippen molar-refractivity contribution in [2.75, 3.05) is 0 Å². The summed E-state index contributed by atoms with van der Waals surface area (Å²) in [6.45, 7) is 4.36. The van der Waals surface area contributed by atoms with E-state index < -0.39 is 0 Å². The maximum atomic E-state index is 11.6. The van der Waals surface area contributed by atoms with Crippen LogP contribution in [0, 0.1) is 11.8 Å². The number of ether oxygens (including phenoxy) is 1. The lowest BCUT2D eigenvalue weighted by Crippen LogP contribution is -2.15. The van der Waals surface area contributed by atoms with E-state index in [4.69, 9.17) is 4.74 Å². The number of rotatable bonds is 10. The number of esters is 1. The van der Waals surface area contributed by atoms with Crippen molar-refractivity contribution in [2.45, 2.75) is 90.9 Å². The molecule has 0 aromatic carbocycles. The monoisotopic (exact) mass is 345 g/mol. The lowest BCUT2D eigenvalue weighted by atomic mass is 9.78. The Morgan fingerprint density at radius 1 is 1.04 bits per heavy atom. The highest BCUT2D eigenvalue weighted by Gasteiger charge is 2.20. The highest BCUT2D eigenvalue weighted by Crippen LogP contribution is 2.34. The molecule has 0 saturated heterocycles. The maximum Gasteiger partial charge on any atom is 0.311 e. The minimum Gasteiger partial charge on any atom is -0.425 e. The van der Waals surface area contributed by atoms with E-state index >= 15 is 0 Å². The second-order valence-electron chi connectivity index (χ2n) is 7.63. The van der Waals surface area contributed by atoms with Crippen LogP contribution in [0.5, 0.6) is 5.75 Å². The van der Waals surface area contributed by atoms with Crippen LogP contribution in [-0.4, -0.2) is 11.0 Å². The van der Waals surface area contributed by atoms with E-state index in [-0.39, 0.29) is 5.97 Å². The fraction of sp³-hybridized carbons (Fsp3) is 0.727. The number of carbonyl (C=O) groups excluding carboxylic acids is 1. The molecule has 1 heterocycles. The van der Waals surface area contributed by atoms with E-state index in [0.717, 1.165) is 36.8 Å². The molecule has 0 radical (unpaired) electrons. The average molecular weight is 346 g/mol. The summed E-state index contributed by atoms with van der Waals surface area (Å²) < 4.78 is 5.31. The summed E-state index contributed by atoms with van der Waals surface area (Å²) >= 11 is 0. The van der Waals surface area contributed by atoms with Gasteiger partial charge in [0.15, 0.2) is 0 Å². The minimum absolute atomic E-state index is 0.156. The van der Waals surface area contributed by atoms with E-state index in [1.165, 1.54) is 51.4 Å². The molecular weight excluding hydrogens is 310 g/mol. The second-order valence-corrected chi connectivity index (χ2v) is 7.63. The number of carbonyl (C=O) groups is 1. The Bertz CT molecular complexity index is 489. The third kappa shape index (κ3) is 7.58. The Kier molecular flexibility index (Phi) is 8.99. The first-order valence-electron chi connectivity index (χ1n) is 10.4. The Morgan fingerprint density at radius 2 is 1.72 bits per heavy atom. The molecule has 0 bridgehead atoms. The molecule has 0 amide bonds. The quantitative estimate of drug-likeness (QED) is 0.480. The van der Waals surface area contributed by atoms with Gasteiger partial charge in [0.1, 0.15) is 5.75 Å². The fourth-order valence-electron chi connectivity index (χ4n) is 3.78. The van der Waals surface area contributed by atoms with Crippen LogP contribution >= 0.6 is 0 Å². The van der Waals surface area contributed by atoms with E-state index in [1.54, 1.807) is 6.20 Å². The molecular formula is C22H35NO2. The summed E-state index contributed by atoms with van der Waals surface area (Å²) in [5.74, 6) is 2.26. The van der Waals surface area contributed by atoms with Crippen LogP contribution < -0.4 is 4.74 Å². The third-order valence-electron chi connectivity index (χ3n) is 5.50. The molecule has 25 heavy (non-hydrogen) atoms. The smallest absolute Gasteiger partial charge is 0.311 e. The van der Waals surface area contributed by atoms with Crippen LogP contribution in [0.2, 0.25) is 0 Å². The molecule has 0 spiro atoms. The molecule has 1 aliphatic carbocycles. The van der Waals surface area contributed by atoms with Gasteiger partial charge in [-0.3, -0.25) is 9.78 Å². The molecule has 1 aliphatic rings. The van der Waals surface area contributed by atoms with Gasteiger partial charge in [0.2, 0.25) is 0 Å². The second kappa shape index (κ2) is 11.3. The highest BCUT2D eigenvalue weighted by atomic mass is 16.5. The fourth-order valence-corrected chi connectivity index (χ4v) is 3.78. The molecule has 1 saturated carbocycles. The SMILES string of the molecule is CCCCC(=O)Oc1ccc(CCC2CCC(CCCC)CC2)nc1. The zero-order valence-electron chi connectivity index (χ0n) is 16.1. The lowest BCUT2D eigenvalue weighted by Gasteiger charge is -2.28. The van der Waals surface area contributed by atoms with Gasteiger partial charge in [-0.1, -0.05) is 65.2 Å². The van der Waals surface area contributed by atoms with E-state index in [2.05, 4.69) is 18.8 Å². The molecule has 0 unspecified atom stereocenters. The topological polar surface area (TPSA) is 39.2 Å². The number of aromatic nitrogens is 1. The van der Waals surface area contributed by atoms with Crippen LogP contribution in [0.3, 0.4) is 0 Å². The largest absolute Gasteiger partial charge is 0.425 e. The van der Waals surface area contributed by atoms with Crippen molar-refractivity contribution in [3.63, 3.8) is 0 Å². The summed E-state index contributed by atoms with van der Waals surface area (Å²) in [6, 6.07) is 3.89. The van der Waals surface area contributed by atoms with Gasteiger partial charge in [0.25, 0.3) is 0 Å². The van der Waals surface area contributed by atoms with Gasteiger partial charge in [-0.2, -0.15) is 0 Å². The number of aryl methyl sites for hydroxylation is 1. The van der Waals surface area contributed by atoms with Crippen molar-refractivity contribution in [2.24, 2.45) is 11.8 Å². The van der Waals surface area contributed by atoms with Crippen molar-refractivity contribution >= 4 is 5.97 Å². The number of pyridine rings is 1. The summed E-state index contributed by atoms with van der Waals surface area (Å²) in [5.41, 5.74) is 1.11. The van der Waals surface area contributed by atoms with Gasteiger partial charge >= 0.3 is 5.97 Å². The normalized spacial score (nSPS) is 20.4. The molecule has 1 aromatic heterocycles. The van der Waals surface area contributed by atoms with Gasteiger partial charge in [-0.15, -0.1) is 0 Å². The van der Waals surface area contributed by atoms with Crippen LogP contribution in [0.25, 0.3) is 0 Å². The van der Waals surface area contributed by atoms with Crippen LogP contribution in [0.15, 0.2) is 18.3 Å². The van der Waals surface area contributed by atoms with Crippen LogP contribution in [0.4, 0.5) is 0 Å². The van der Waals surface area contributed by atoms with Crippen molar-refractivity contribution in [3.8, 4) is 5.75 Å². The summed E-state index contributed by atoms with van der Waals surface area (Å²) in [7, 11) is 0. The predicted octanol–water partition coefficient (Wildman–Crippen LogP) is 6.11. The molecule has 3 heteroatoms. The van der Waals surface area contributed by atoms with Crippen molar-refractivity contribution in [1.82, 2.24) is 4.98 Å². The Balaban J connectivity index is 1.67. The third-order valence-corrected chi connectivity index (χ3v) is 5.50. The summed E-state index contributed by atoms with van der Waals surface area (Å²) in [4.78, 5) is 16.1. The predicted molar refractivity (Wildman–Crippen MR) is 103 cm³/mol. The van der Waals surface area contributed by atoms with Crippen molar-refractivity contribution < 1.29 is 9.53 Å². The molecule has 0 atom stereocenters.